The SMILES string of the molecule is C[C@@H](Sc1ccccc1)C(=O)Nc1n[nH]c(C(F)(F)F)n1. The van der Waals surface area contributed by atoms with Crippen LogP contribution in [0.1, 0.15) is 12.7 Å². The molecule has 0 aliphatic carbocycles. The molecule has 1 aromatic heterocycles. The largest absolute Gasteiger partial charge is 0.451 e. The zero-order chi connectivity index (χ0) is 15.5. The predicted molar refractivity (Wildman–Crippen MR) is 71.8 cm³/mol. The van der Waals surface area contributed by atoms with Crippen LogP contribution in [0.4, 0.5) is 19.1 Å². The molecule has 0 fully saturated rings. The van der Waals surface area contributed by atoms with Crippen molar-refractivity contribution in [1.29, 1.82) is 0 Å². The molecule has 0 aliphatic heterocycles. The van der Waals surface area contributed by atoms with Gasteiger partial charge in [0.05, 0.1) is 5.25 Å². The molecular weight excluding hydrogens is 305 g/mol. The third-order valence-corrected chi connectivity index (χ3v) is 3.53. The van der Waals surface area contributed by atoms with Gasteiger partial charge in [-0.05, 0) is 19.1 Å². The predicted octanol–water partition coefficient (Wildman–Crippen LogP) is 2.94. The number of nitrogens with one attached hydrogen (secondary N) is 2. The van der Waals surface area contributed by atoms with Gasteiger partial charge in [-0.15, -0.1) is 16.9 Å². The summed E-state index contributed by atoms with van der Waals surface area (Å²) < 4.78 is 37.0. The van der Waals surface area contributed by atoms with Crippen LogP contribution in [-0.2, 0) is 11.0 Å². The van der Waals surface area contributed by atoms with E-state index in [1.807, 2.05) is 30.3 Å². The number of carbonyl (C=O) groups excluding carboxylic acids is 1. The Morgan fingerprint density at radius 2 is 2.00 bits per heavy atom. The Hall–Kier alpha value is -2.03. The maximum absolute atomic E-state index is 12.3. The van der Waals surface area contributed by atoms with Crippen LogP contribution in [-0.4, -0.2) is 26.3 Å². The minimum atomic E-state index is -4.62. The Kier molecular flexibility index (Phi) is 4.51. The molecule has 112 valence electrons. The minimum Gasteiger partial charge on any atom is -0.292 e. The molecule has 21 heavy (non-hydrogen) atoms. The number of aromatic amines is 1. The average Bonchev–Trinajstić information content (AvgIpc) is 2.88. The van der Waals surface area contributed by atoms with Crippen molar-refractivity contribution < 1.29 is 18.0 Å². The molecule has 0 saturated heterocycles. The van der Waals surface area contributed by atoms with Gasteiger partial charge in [-0.3, -0.25) is 15.2 Å². The maximum Gasteiger partial charge on any atom is 0.451 e. The second-order valence-corrected chi connectivity index (χ2v) is 5.48. The Bertz CT molecular complexity index is 614. The lowest BCUT2D eigenvalue weighted by molar-refractivity contribution is -0.144. The summed E-state index contributed by atoms with van der Waals surface area (Å²) in [5, 5.41) is 6.79. The molecular formula is C12H11F3N4OS. The van der Waals surface area contributed by atoms with Gasteiger partial charge in [0.15, 0.2) is 0 Å². The van der Waals surface area contributed by atoms with Crippen LogP contribution >= 0.6 is 11.8 Å². The third kappa shape index (κ3) is 4.22. The van der Waals surface area contributed by atoms with E-state index < -0.39 is 29.1 Å². The number of anilines is 1. The molecule has 2 aromatic rings. The maximum atomic E-state index is 12.3. The number of amides is 1. The fourth-order valence-electron chi connectivity index (χ4n) is 1.41. The molecule has 1 aromatic carbocycles. The number of thioether (sulfide) groups is 1. The van der Waals surface area contributed by atoms with Crippen molar-refractivity contribution in [3.05, 3.63) is 36.2 Å². The number of H-pyrrole nitrogens is 1. The van der Waals surface area contributed by atoms with Crippen LogP contribution in [0.25, 0.3) is 0 Å². The summed E-state index contributed by atoms with van der Waals surface area (Å²) in [6.07, 6.45) is -4.62. The molecule has 1 amide bonds. The fourth-order valence-corrected chi connectivity index (χ4v) is 2.30. The molecule has 0 spiro atoms. The molecule has 0 unspecified atom stereocenters. The number of alkyl halides is 3. The number of hydrogen-bond donors (Lipinski definition) is 2. The number of rotatable bonds is 4. The third-order valence-electron chi connectivity index (χ3n) is 2.41. The highest BCUT2D eigenvalue weighted by Gasteiger charge is 2.35. The van der Waals surface area contributed by atoms with Gasteiger partial charge in [0, 0.05) is 4.90 Å². The van der Waals surface area contributed by atoms with Gasteiger partial charge >= 0.3 is 6.18 Å². The van der Waals surface area contributed by atoms with E-state index in [2.05, 4.69) is 15.4 Å². The summed E-state index contributed by atoms with van der Waals surface area (Å²) >= 11 is 1.28. The van der Waals surface area contributed by atoms with E-state index in [0.29, 0.717) is 0 Å². The molecule has 0 aliphatic rings. The van der Waals surface area contributed by atoms with E-state index in [1.165, 1.54) is 11.8 Å². The standard InChI is InChI=1S/C12H11F3N4OS/c1-7(21-8-5-3-2-4-6-8)9(20)16-11-17-10(18-19-11)12(13,14)15/h2-7H,1H3,(H2,16,17,18,19,20)/t7-/m1/s1. The lowest BCUT2D eigenvalue weighted by atomic mass is 10.4. The minimum absolute atomic E-state index is 0.396. The van der Waals surface area contributed by atoms with E-state index in [1.54, 1.807) is 12.0 Å². The Labute approximate surface area is 122 Å². The monoisotopic (exact) mass is 316 g/mol. The van der Waals surface area contributed by atoms with E-state index in [-0.39, 0.29) is 0 Å². The summed E-state index contributed by atoms with van der Waals surface area (Å²) in [5.74, 6) is -2.12. The lowest BCUT2D eigenvalue weighted by Crippen LogP contribution is -2.23. The molecule has 0 radical (unpaired) electrons. The van der Waals surface area contributed by atoms with Crippen LogP contribution in [0, 0.1) is 0 Å². The summed E-state index contributed by atoms with van der Waals surface area (Å²) in [7, 11) is 0. The number of carbonyl (C=O) groups is 1. The molecule has 2 rings (SSSR count). The first-order valence-electron chi connectivity index (χ1n) is 5.88. The molecule has 1 heterocycles. The average molecular weight is 316 g/mol. The molecule has 2 N–H and O–H groups in total. The highest BCUT2D eigenvalue weighted by Crippen LogP contribution is 2.27. The van der Waals surface area contributed by atoms with E-state index in [0.717, 1.165) is 4.90 Å². The van der Waals surface area contributed by atoms with Gasteiger partial charge in [0.25, 0.3) is 0 Å². The zero-order valence-electron chi connectivity index (χ0n) is 10.8. The van der Waals surface area contributed by atoms with Gasteiger partial charge in [0.1, 0.15) is 0 Å². The second-order valence-electron chi connectivity index (χ2n) is 4.07. The number of hydrogen-bond acceptors (Lipinski definition) is 4. The first-order chi connectivity index (χ1) is 9.86. The quantitative estimate of drug-likeness (QED) is 0.851. The summed E-state index contributed by atoms with van der Waals surface area (Å²) in [6, 6.07) is 9.18. The van der Waals surface area contributed by atoms with E-state index >= 15 is 0 Å². The smallest absolute Gasteiger partial charge is 0.292 e. The Morgan fingerprint density at radius 3 is 2.57 bits per heavy atom. The van der Waals surface area contributed by atoms with Crippen molar-refractivity contribution in [2.24, 2.45) is 0 Å². The first kappa shape index (κ1) is 15.4. The van der Waals surface area contributed by atoms with E-state index in [9.17, 15) is 18.0 Å². The molecule has 5 nitrogen and oxygen atoms in total. The number of nitrogens with zero attached hydrogens (tertiary/aromatic N) is 2. The molecule has 0 saturated carbocycles. The normalized spacial score (nSPS) is 13.0. The van der Waals surface area contributed by atoms with Gasteiger partial charge in [-0.1, -0.05) is 18.2 Å². The number of halogens is 3. The second kappa shape index (κ2) is 6.17. The highest BCUT2D eigenvalue weighted by molar-refractivity contribution is 8.00. The van der Waals surface area contributed by atoms with Gasteiger partial charge < -0.3 is 0 Å². The van der Waals surface area contributed by atoms with Crippen molar-refractivity contribution in [2.45, 2.75) is 23.2 Å². The topological polar surface area (TPSA) is 70.7 Å². The van der Waals surface area contributed by atoms with Crippen LogP contribution < -0.4 is 5.32 Å². The first-order valence-corrected chi connectivity index (χ1v) is 6.76. The van der Waals surface area contributed by atoms with Gasteiger partial charge in [-0.2, -0.15) is 18.2 Å². The summed E-state index contributed by atoms with van der Waals surface area (Å²) in [5.41, 5.74) is 0. The number of benzene rings is 1. The van der Waals surface area contributed by atoms with Gasteiger partial charge in [0.2, 0.25) is 17.7 Å². The van der Waals surface area contributed by atoms with Crippen molar-refractivity contribution in [1.82, 2.24) is 15.2 Å². The highest BCUT2D eigenvalue weighted by atomic mass is 32.2. The van der Waals surface area contributed by atoms with E-state index in [4.69, 9.17) is 0 Å². The van der Waals surface area contributed by atoms with Gasteiger partial charge in [-0.25, -0.2) is 0 Å². The van der Waals surface area contributed by atoms with Crippen LogP contribution in [0.15, 0.2) is 35.2 Å². The molecule has 1 atom stereocenters. The fraction of sp³-hybridized carbons (Fsp3) is 0.250. The van der Waals surface area contributed by atoms with Crippen molar-refractivity contribution in [2.75, 3.05) is 5.32 Å². The van der Waals surface area contributed by atoms with Crippen LogP contribution in [0.3, 0.4) is 0 Å². The van der Waals surface area contributed by atoms with Crippen molar-refractivity contribution >= 4 is 23.6 Å². The Morgan fingerprint density at radius 1 is 1.33 bits per heavy atom. The molecule has 0 bridgehead atoms. The summed E-state index contributed by atoms with van der Waals surface area (Å²) in [4.78, 5) is 15.9. The van der Waals surface area contributed by atoms with Crippen LogP contribution in [0.2, 0.25) is 0 Å². The number of aromatic nitrogens is 3. The molecule has 9 heteroatoms. The van der Waals surface area contributed by atoms with Crippen LogP contribution in [0.5, 0.6) is 0 Å². The Balaban J connectivity index is 1.96. The van der Waals surface area contributed by atoms with Crippen molar-refractivity contribution in [3.63, 3.8) is 0 Å². The zero-order valence-corrected chi connectivity index (χ0v) is 11.6. The van der Waals surface area contributed by atoms with Crippen molar-refractivity contribution in [3.8, 4) is 0 Å². The lowest BCUT2D eigenvalue weighted by Gasteiger charge is -2.09. The summed E-state index contributed by atoms with van der Waals surface area (Å²) in [6.45, 7) is 1.64.